The maximum atomic E-state index is 12.8. The summed E-state index contributed by atoms with van der Waals surface area (Å²) in [6, 6.07) is 9.76. The van der Waals surface area contributed by atoms with Gasteiger partial charge in [-0.25, -0.2) is 0 Å². The average molecular weight is 380 g/mol. The van der Waals surface area contributed by atoms with E-state index >= 15 is 0 Å². The van der Waals surface area contributed by atoms with Crippen molar-refractivity contribution in [1.82, 2.24) is 19.7 Å². The summed E-state index contributed by atoms with van der Waals surface area (Å²) in [4.78, 5) is 16.1. The number of fused-ring (bicyclic) bond motifs is 1. The van der Waals surface area contributed by atoms with Crippen LogP contribution in [0.15, 0.2) is 52.4 Å². The van der Waals surface area contributed by atoms with Crippen LogP contribution in [0.4, 0.5) is 0 Å². The Morgan fingerprint density at radius 3 is 2.85 bits per heavy atom. The molecule has 1 aromatic carbocycles. The summed E-state index contributed by atoms with van der Waals surface area (Å²) in [6.07, 6.45) is 4.35. The van der Waals surface area contributed by atoms with Crippen molar-refractivity contribution in [3.63, 3.8) is 0 Å². The molecule has 1 N–H and O–H groups in total. The number of benzene rings is 1. The van der Waals surface area contributed by atoms with E-state index in [1.54, 1.807) is 6.26 Å². The van der Waals surface area contributed by atoms with Gasteiger partial charge in [0.1, 0.15) is 0 Å². The maximum Gasteiger partial charge on any atom is 0.200 e. The molecule has 4 rings (SSSR count). The highest BCUT2D eigenvalue weighted by Crippen LogP contribution is 2.27. The van der Waals surface area contributed by atoms with Crippen LogP contribution in [0.1, 0.15) is 29.8 Å². The van der Waals surface area contributed by atoms with Crippen LogP contribution in [0, 0.1) is 0 Å². The number of carbonyl (C=O) groups excluding carboxylic acids is 1. The van der Waals surface area contributed by atoms with Crippen LogP contribution >= 0.6 is 11.8 Å². The third kappa shape index (κ3) is 3.19. The number of aryl methyl sites for hydroxylation is 1. The molecular formula is C20H20N4O2S. The molecule has 138 valence electrons. The number of furan rings is 1. The Balaban J connectivity index is 1.55. The lowest BCUT2D eigenvalue weighted by Gasteiger charge is -2.05. The zero-order valence-corrected chi connectivity index (χ0v) is 16.0. The van der Waals surface area contributed by atoms with E-state index in [0.29, 0.717) is 29.0 Å². The third-order valence-corrected chi connectivity index (χ3v) is 5.56. The minimum atomic E-state index is 0.0738. The highest BCUT2D eigenvalue weighted by molar-refractivity contribution is 7.99. The Kier molecular flexibility index (Phi) is 4.85. The molecule has 3 heterocycles. The van der Waals surface area contributed by atoms with Crippen molar-refractivity contribution < 1.29 is 9.21 Å². The molecule has 0 radical (unpaired) electrons. The van der Waals surface area contributed by atoms with E-state index < -0.39 is 0 Å². The molecule has 0 aliphatic carbocycles. The second-order valence-electron chi connectivity index (χ2n) is 6.14. The molecule has 27 heavy (non-hydrogen) atoms. The van der Waals surface area contributed by atoms with Crippen LogP contribution in [0.3, 0.4) is 0 Å². The molecule has 0 spiro atoms. The van der Waals surface area contributed by atoms with E-state index in [9.17, 15) is 4.79 Å². The normalized spacial score (nSPS) is 11.3. The van der Waals surface area contributed by atoms with Gasteiger partial charge in [-0.3, -0.25) is 9.36 Å². The topological polar surface area (TPSA) is 76.7 Å². The first-order valence-electron chi connectivity index (χ1n) is 8.95. The fourth-order valence-corrected chi connectivity index (χ4v) is 4.10. The molecule has 0 unspecified atom stereocenters. The number of aromatic nitrogens is 4. The predicted molar refractivity (Wildman–Crippen MR) is 106 cm³/mol. The van der Waals surface area contributed by atoms with E-state index in [-0.39, 0.29) is 5.78 Å². The molecule has 4 aromatic rings. The molecule has 0 fully saturated rings. The second-order valence-corrected chi connectivity index (χ2v) is 7.08. The van der Waals surface area contributed by atoms with Crippen LogP contribution in [-0.2, 0) is 13.0 Å². The van der Waals surface area contributed by atoms with Crippen molar-refractivity contribution >= 4 is 28.4 Å². The third-order valence-electron chi connectivity index (χ3n) is 4.59. The number of H-pyrrole nitrogens is 1. The van der Waals surface area contributed by atoms with Crippen LogP contribution in [-0.4, -0.2) is 31.3 Å². The number of nitrogens with one attached hydrogen (secondary N) is 1. The SMILES string of the molecule is CCc1cccc2c(C(=O)CSc3nnc(-c4ccco4)n3CC)c[nH]c12. The molecule has 7 heteroatoms. The van der Waals surface area contributed by atoms with Gasteiger partial charge in [-0.05, 0) is 31.0 Å². The van der Waals surface area contributed by atoms with Crippen molar-refractivity contribution in [2.75, 3.05) is 5.75 Å². The number of ketones is 1. The van der Waals surface area contributed by atoms with E-state index in [0.717, 1.165) is 22.9 Å². The molecule has 3 aromatic heterocycles. The zero-order valence-electron chi connectivity index (χ0n) is 15.2. The first kappa shape index (κ1) is 17.6. The van der Waals surface area contributed by atoms with Crippen LogP contribution in [0.2, 0.25) is 0 Å². The summed E-state index contributed by atoms with van der Waals surface area (Å²) in [6.45, 7) is 4.83. The monoisotopic (exact) mass is 380 g/mol. The number of carbonyl (C=O) groups is 1. The van der Waals surface area contributed by atoms with Gasteiger partial charge in [0.15, 0.2) is 22.5 Å². The number of rotatable bonds is 7. The van der Waals surface area contributed by atoms with Crippen molar-refractivity contribution in [3.8, 4) is 11.6 Å². The van der Waals surface area contributed by atoms with Gasteiger partial charge in [0.25, 0.3) is 0 Å². The zero-order chi connectivity index (χ0) is 18.8. The molecular weight excluding hydrogens is 360 g/mol. The minimum absolute atomic E-state index is 0.0738. The van der Waals surface area contributed by atoms with Gasteiger partial charge in [-0.2, -0.15) is 0 Å². The molecule has 0 saturated carbocycles. The number of aromatic amines is 1. The Hall–Kier alpha value is -2.80. The fraction of sp³-hybridized carbons (Fsp3) is 0.250. The van der Waals surface area contributed by atoms with Gasteiger partial charge in [0.2, 0.25) is 0 Å². The smallest absolute Gasteiger partial charge is 0.200 e. The second kappa shape index (κ2) is 7.44. The minimum Gasteiger partial charge on any atom is -0.461 e. The molecule has 0 amide bonds. The van der Waals surface area contributed by atoms with E-state index in [4.69, 9.17) is 4.42 Å². The van der Waals surface area contributed by atoms with Crippen molar-refractivity contribution in [2.45, 2.75) is 32.0 Å². The molecule has 0 aliphatic heterocycles. The van der Waals surface area contributed by atoms with Gasteiger partial charge in [-0.1, -0.05) is 36.9 Å². The summed E-state index contributed by atoms with van der Waals surface area (Å²) in [5.41, 5.74) is 2.99. The largest absolute Gasteiger partial charge is 0.461 e. The number of hydrogen-bond donors (Lipinski definition) is 1. The first-order chi connectivity index (χ1) is 13.2. The Bertz CT molecular complexity index is 1080. The quantitative estimate of drug-likeness (QED) is 0.375. The number of para-hydroxylation sites is 1. The highest BCUT2D eigenvalue weighted by Gasteiger charge is 2.18. The Labute approximate surface area is 161 Å². The maximum absolute atomic E-state index is 12.8. The fourth-order valence-electron chi connectivity index (χ4n) is 3.22. The van der Waals surface area contributed by atoms with Gasteiger partial charge in [-0.15, -0.1) is 10.2 Å². The molecule has 0 bridgehead atoms. The van der Waals surface area contributed by atoms with Crippen LogP contribution in [0.25, 0.3) is 22.5 Å². The molecule has 6 nitrogen and oxygen atoms in total. The predicted octanol–water partition coefficient (Wildman–Crippen LogP) is 4.58. The molecule has 0 saturated heterocycles. The van der Waals surface area contributed by atoms with Crippen molar-refractivity contribution in [1.29, 1.82) is 0 Å². The lowest BCUT2D eigenvalue weighted by Crippen LogP contribution is -2.04. The van der Waals surface area contributed by atoms with Gasteiger partial charge >= 0.3 is 0 Å². The molecule has 0 aliphatic rings. The highest BCUT2D eigenvalue weighted by atomic mass is 32.2. The van der Waals surface area contributed by atoms with E-state index in [1.165, 1.54) is 17.3 Å². The number of nitrogens with zero attached hydrogens (tertiary/aromatic N) is 3. The average Bonchev–Trinajstić information content (AvgIpc) is 3.44. The van der Waals surface area contributed by atoms with E-state index in [1.807, 2.05) is 42.0 Å². The first-order valence-corrected chi connectivity index (χ1v) is 9.93. The Morgan fingerprint density at radius 1 is 1.22 bits per heavy atom. The van der Waals surface area contributed by atoms with Gasteiger partial charge in [0.05, 0.1) is 12.0 Å². The lowest BCUT2D eigenvalue weighted by molar-refractivity contribution is 0.102. The summed E-state index contributed by atoms with van der Waals surface area (Å²) in [7, 11) is 0. The van der Waals surface area contributed by atoms with Gasteiger partial charge < -0.3 is 9.40 Å². The summed E-state index contributed by atoms with van der Waals surface area (Å²) >= 11 is 1.40. The van der Waals surface area contributed by atoms with Gasteiger partial charge in [0, 0.05) is 29.2 Å². The number of hydrogen-bond acceptors (Lipinski definition) is 5. The molecule has 0 atom stereocenters. The number of Topliss-reactive ketones (excluding diaryl/α,β-unsaturated/α-hetero) is 1. The summed E-state index contributed by atoms with van der Waals surface area (Å²) < 4.78 is 7.39. The lowest BCUT2D eigenvalue weighted by atomic mass is 10.1. The van der Waals surface area contributed by atoms with Crippen molar-refractivity contribution in [3.05, 3.63) is 53.9 Å². The number of thioether (sulfide) groups is 1. The van der Waals surface area contributed by atoms with Crippen LogP contribution in [0.5, 0.6) is 0 Å². The standard InChI is InChI=1S/C20H20N4O2S/c1-3-13-7-5-8-14-15(11-21-18(13)14)16(25)12-27-20-23-22-19(24(20)4-2)17-9-6-10-26-17/h5-11,21H,3-4,12H2,1-2H3. The summed E-state index contributed by atoms with van der Waals surface area (Å²) in [5.74, 6) is 1.73. The Morgan fingerprint density at radius 2 is 2.11 bits per heavy atom. The van der Waals surface area contributed by atoms with Crippen LogP contribution < -0.4 is 0 Å². The summed E-state index contributed by atoms with van der Waals surface area (Å²) in [5, 5.41) is 10.2. The van der Waals surface area contributed by atoms with Crippen molar-refractivity contribution in [2.24, 2.45) is 0 Å². The van der Waals surface area contributed by atoms with E-state index in [2.05, 4.69) is 28.2 Å².